The number of benzene rings is 4. The Hall–Kier alpha value is -9.20. The Labute approximate surface area is 480 Å². The third kappa shape index (κ3) is 15.7. The molecule has 30 heteroatoms. The van der Waals surface area contributed by atoms with Crippen LogP contribution in [0.1, 0.15) is 82.9 Å². The molecule has 10 bridgehead atoms. The molecule has 0 saturated heterocycles. The zero-order valence-electron chi connectivity index (χ0n) is 45.6. The summed E-state index contributed by atoms with van der Waals surface area (Å²) < 4.78 is 16.7. The van der Waals surface area contributed by atoms with E-state index in [1.54, 1.807) is 14.7 Å². The zero-order chi connectivity index (χ0) is 60.5. The number of hydrogen-bond acceptors (Lipinski definition) is 22. The molecule has 9 heterocycles. The molecule has 2 atom stereocenters. The van der Waals surface area contributed by atoms with Gasteiger partial charge in [-0.2, -0.15) is 0 Å². The van der Waals surface area contributed by atoms with Crippen LogP contribution in [0.15, 0.2) is 42.5 Å². The fourth-order valence-corrected chi connectivity index (χ4v) is 9.12. The van der Waals surface area contributed by atoms with Crippen molar-refractivity contribution in [3.8, 4) is 51.7 Å². The Balaban J connectivity index is 1.17. The van der Waals surface area contributed by atoms with Gasteiger partial charge in [0.15, 0.2) is 46.0 Å². The minimum absolute atomic E-state index is 0.0511. The second kappa shape index (κ2) is 29.7. The van der Waals surface area contributed by atoms with Crippen molar-refractivity contribution in [1.82, 2.24) is 57.2 Å². The molecule has 8 amide bonds. The highest BCUT2D eigenvalue weighted by atomic mass is 16.5. The summed E-state index contributed by atoms with van der Waals surface area (Å²) in [6, 6.07) is 7.89. The molecule has 0 spiro atoms. The van der Waals surface area contributed by atoms with E-state index in [-0.39, 0.29) is 158 Å². The average Bonchev–Trinajstić information content (AvgIpc) is 2.83. The molecule has 0 fully saturated rings. The minimum Gasteiger partial charge on any atom is -0.504 e. The molecule has 17 N–H and O–H groups in total. The van der Waals surface area contributed by atoms with Gasteiger partial charge in [-0.25, -0.2) is 0 Å². The number of nitrogens with two attached hydrogens (primary N) is 1. The van der Waals surface area contributed by atoms with Crippen molar-refractivity contribution in [3.63, 3.8) is 0 Å². The summed E-state index contributed by atoms with van der Waals surface area (Å²) in [5, 5.41) is 99.4. The fourth-order valence-electron chi connectivity index (χ4n) is 9.12. The van der Waals surface area contributed by atoms with Gasteiger partial charge in [0.05, 0.1) is 65.4 Å². The van der Waals surface area contributed by atoms with Crippen LogP contribution >= 0.6 is 0 Å². The van der Waals surface area contributed by atoms with Crippen LogP contribution in [0.3, 0.4) is 0 Å². The van der Waals surface area contributed by atoms with Gasteiger partial charge in [0, 0.05) is 118 Å². The molecule has 452 valence electrons. The molecule has 9 aliphatic heterocycles. The maximum atomic E-state index is 14.0. The van der Waals surface area contributed by atoms with Crippen LogP contribution in [0.25, 0.3) is 0 Å². The quantitative estimate of drug-likeness (QED) is 0.0490. The van der Waals surface area contributed by atoms with E-state index in [0.717, 1.165) is 30.3 Å². The maximum absolute atomic E-state index is 14.0. The first-order valence-electron chi connectivity index (χ1n) is 26.9. The maximum Gasteiger partial charge on any atom is 0.259 e. The molecule has 13 rings (SSSR count). The number of hydrogen-bond donors (Lipinski definition) is 16. The third-order valence-electron chi connectivity index (χ3n) is 13.7. The van der Waals surface area contributed by atoms with Crippen LogP contribution in [-0.4, -0.2) is 242 Å². The predicted octanol–water partition coefficient (Wildman–Crippen LogP) is -2.40. The van der Waals surface area contributed by atoms with Gasteiger partial charge in [0.25, 0.3) is 47.3 Å². The highest BCUT2D eigenvalue weighted by Crippen LogP contribution is 2.45. The molecule has 30 nitrogen and oxygen atoms in total. The Morgan fingerprint density at radius 3 is 1.40 bits per heavy atom. The van der Waals surface area contributed by atoms with Crippen LogP contribution in [0, 0.1) is 0 Å². The van der Waals surface area contributed by atoms with E-state index in [1.165, 1.54) is 12.1 Å². The van der Waals surface area contributed by atoms with Gasteiger partial charge in [-0.3, -0.25) is 53.1 Å². The highest BCUT2D eigenvalue weighted by Gasteiger charge is 2.32. The van der Waals surface area contributed by atoms with Gasteiger partial charge >= 0.3 is 0 Å². The SMILES string of the molecule is NCCOCCOCCNC(=O)c1ccc(C(=O)NCCN2CCNC(=O)c3ccc(c(O)c3O)C(=O)NCCN3CCNC(=O)c4ccc5c(O)c4Oc4cc(c(O)c(O)c4C(=O)NCC3)C(=O)NCCN(CCNC5=O)CC2)c(O)c1O. The number of ether oxygens (including phenoxy) is 3. The molecular formula is C54H68N12O18. The standard InChI is InChI=1S/C54H68N12O18/c55-7-25-82-27-28-83-26-15-63-50(77)33-4-3-32(41(69)42(33)70)49(76)58-11-20-65-19-10-57-48(75)31-2-1-30(39(67)40(31)68)47(74)56-8-16-64-17-9-60-52(79)35-6-5-34-44(72)46(35)84-37-29-36(43(71)45(73)38(37)54(81)62-14-18-64)53(80)61-13-22-66(24-23-65)21-12-59-51(34)78/h1-6,29,67-73H,7-28,55H2,(H,56,74)(H,57,75)(H,58,76)(H,59,78)(H,60,79)(H,61,80)(H,62,81)(H,63,77). The van der Waals surface area contributed by atoms with E-state index < -0.39 is 110 Å². The van der Waals surface area contributed by atoms with E-state index in [4.69, 9.17) is 19.9 Å². The van der Waals surface area contributed by atoms with Gasteiger partial charge in [-0.1, -0.05) is 0 Å². The molecule has 4 aromatic carbocycles. The largest absolute Gasteiger partial charge is 0.504 e. The van der Waals surface area contributed by atoms with Gasteiger partial charge in [0.1, 0.15) is 11.3 Å². The van der Waals surface area contributed by atoms with Gasteiger partial charge in [0.2, 0.25) is 0 Å². The molecular weight excluding hydrogens is 1100 g/mol. The number of amides is 8. The number of phenols is 7. The summed E-state index contributed by atoms with van der Waals surface area (Å²) in [4.78, 5) is 114. The number of aromatic hydroxyl groups is 7. The Kier molecular flexibility index (Phi) is 22.0. The Bertz CT molecular complexity index is 3130. The number of carbonyl (C=O) groups excluding carboxylic acids is 8. The van der Waals surface area contributed by atoms with Crippen molar-refractivity contribution in [2.24, 2.45) is 5.73 Å². The summed E-state index contributed by atoms with van der Waals surface area (Å²) in [6.07, 6.45) is 0. The smallest absolute Gasteiger partial charge is 0.259 e. The van der Waals surface area contributed by atoms with E-state index >= 15 is 0 Å². The van der Waals surface area contributed by atoms with Crippen molar-refractivity contribution in [3.05, 3.63) is 87.0 Å². The first kappa shape index (κ1) is 62.4. The summed E-state index contributed by atoms with van der Waals surface area (Å²) in [5.41, 5.74) is 1.96. The zero-order valence-corrected chi connectivity index (χ0v) is 45.6. The average molecular weight is 1170 g/mol. The number of carbonyl (C=O) groups is 8. The van der Waals surface area contributed by atoms with Crippen LogP contribution in [0.4, 0.5) is 0 Å². The van der Waals surface area contributed by atoms with Crippen molar-refractivity contribution in [1.29, 1.82) is 0 Å². The molecule has 0 aliphatic carbocycles. The lowest BCUT2D eigenvalue weighted by Crippen LogP contribution is -2.45. The summed E-state index contributed by atoms with van der Waals surface area (Å²) >= 11 is 0. The first-order valence-corrected chi connectivity index (χ1v) is 26.9. The number of phenolic OH excluding ortho intramolecular Hbond substituents is 7. The van der Waals surface area contributed by atoms with Gasteiger partial charge < -0.3 is 98.2 Å². The highest BCUT2D eigenvalue weighted by molar-refractivity contribution is 6.07. The van der Waals surface area contributed by atoms with Crippen LogP contribution in [0.2, 0.25) is 0 Å². The second-order valence-corrected chi connectivity index (χ2v) is 19.2. The lowest BCUT2D eigenvalue weighted by Gasteiger charge is -2.28. The molecule has 0 aromatic heterocycles. The number of nitrogens with one attached hydrogen (secondary N) is 8. The predicted molar refractivity (Wildman–Crippen MR) is 296 cm³/mol. The van der Waals surface area contributed by atoms with Crippen molar-refractivity contribution >= 4 is 47.3 Å². The van der Waals surface area contributed by atoms with Crippen LogP contribution in [-0.2, 0) is 9.47 Å². The number of nitrogens with zero attached hydrogens (tertiary/aromatic N) is 3. The fraction of sp³-hybridized carbons (Fsp3) is 0.407. The van der Waals surface area contributed by atoms with Crippen molar-refractivity contribution < 1.29 is 88.3 Å². The van der Waals surface area contributed by atoms with E-state index in [1.807, 2.05) is 0 Å². The van der Waals surface area contributed by atoms with E-state index in [0.29, 0.717) is 19.8 Å². The van der Waals surface area contributed by atoms with Crippen LogP contribution < -0.4 is 53.0 Å². The second-order valence-electron chi connectivity index (χ2n) is 19.2. The summed E-state index contributed by atoms with van der Waals surface area (Å²) in [6.45, 7) is 1.62. The lowest BCUT2D eigenvalue weighted by atomic mass is 10.0. The monoisotopic (exact) mass is 1170 g/mol. The van der Waals surface area contributed by atoms with E-state index in [2.05, 4.69) is 42.5 Å². The van der Waals surface area contributed by atoms with Gasteiger partial charge in [-0.15, -0.1) is 0 Å². The first-order chi connectivity index (χ1) is 40.4. The Morgan fingerprint density at radius 2 is 0.881 bits per heavy atom. The number of rotatable bonds is 13. The third-order valence-corrected chi connectivity index (χ3v) is 13.7. The van der Waals surface area contributed by atoms with E-state index in [9.17, 15) is 74.1 Å². The molecule has 9 aliphatic rings. The van der Waals surface area contributed by atoms with Crippen LogP contribution in [0.5, 0.6) is 51.7 Å². The summed E-state index contributed by atoms with van der Waals surface area (Å²) in [7, 11) is 0. The molecule has 0 radical (unpaired) electrons. The Morgan fingerprint density at radius 1 is 0.464 bits per heavy atom. The minimum atomic E-state index is -1.10. The molecule has 4 aromatic rings. The van der Waals surface area contributed by atoms with Gasteiger partial charge in [-0.05, 0) is 42.5 Å². The molecule has 2 unspecified atom stereocenters. The van der Waals surface area contributed by atoms with Crippen molar-refractivity contribution in [2.75, 3.05) is 144 Å². The molecule has 0 saturated carbocycles. The topological polar surface area (TPSA) is 438 Å². The molecule has 84 heavy (non-hydrogen) atoms. The van der Waals surface area contributed by atoms with Crippen molar-refractivity contribution in [2.45, 2.75) is 0 Å². The normalized spacial score (nSPS) is 17.9. The lowest BCUT2D eigenvalue weighted by molar-refractivity contribution is 0.0511. The summed E-state index contributed by atoms with van der Waals surface area (Å²) in [5.74, 6) is -14.6.